The van der Waals surface area contributed by atoms with Crippen LogP contribution in [0.2, 0.25) is 0 Å². The summed E-state index contributed by atoms with van der Waals surface area (Å²) < 4.78 is 53.9. The van der Waals surface area contributed by atoms with E-state index >= 15 is 0 Å². The number of carbonyl (C=O) groups excluding carboxylic acids is 8. The molecule has 0 aliphatic rings. The van der Waals surface area contributed by atoms with Gasteiger partial charge in [0.05, 0.1) is 145 Å². The van der Waals surface area contributed by atoms with E-state index in [2.05, 4.69) is 59.8 Å². The number of aromatic hydroxyl groups is 4. The van der Waals surface area contributed by atoms with Crippen molar-refractivity contribution < 1.29 is 111 Å². The van der Waals surface area contributed by atoms with Crippen molar-refractivity contribution in [3.8, 4) is 177 Å². The molecule has 0 atom stereocenters. The van der Waals surface area contributed by atoms with Crippen LogP contribution < -0.4 is 14.2 Å². The Hall–Kier alpha value is -19.0. The number of ether oxygens (including phenoxy) is 11. The number of nitrogens with zero attached hydrogens (tertiary/aromatic N) is 12. The summed E-state index contributed by atoms with van der Waals surface area (Å²) in [5, 5.41) is 42.1. The lowest BCUT2D eigenvalue weighted by atomic mass is 10.0. The minimum Gasteiger partial charge on any atom is -0.507 e. The normalized spacial score (nSPS) is 10.5. The van der Waals surface area contributed by atoms with Crippen LogP contribution in [0.25, 0.3) is 137 Å². The van der Waals surface area contributed by atoms with Crippen LogP contribution in [0.1, 0.15) is 82.9 Å². The molecule has 35 nitrogen and oxygen atoms in total. The van der Waals surface area contributed by atoms with Gasteiger partial charge in [0.1, 0.15) is 40.2 Å². The fourth-order valence-corrected chi connectivity index (χ4v) is 13.4. The molecule has 0 amide bonds. The zero-order valence-electron chi connectivity index (χ0n) is 75.4. The summed E-state index contributed by atoms with van der Waals surface area (Å²) in [7, 11) is 14.7. The van der Waals surface area contributed by atoms with Gasteiger partial charge in [-0.3, -0.25) is 0 Å². The van der Waals surface area contributed by atoms with Crippen molar-refractivity contribution in [2.24, 2.45) is 0 Å². The molecule has 0 saturated heterocycles. The second-order valence-corrected chi connectivity index (χ2v) is 28.9. The molecule has 0 spiro atoms. The van der Waals surface area contributed by atoms with E-state index in [1.807, 2.05) is 36.4 Å². The predicted molar refractivity (Wildman–Crippen MR) is 502 cm³/mol. The molecule has 692 valence electrons. The van der Waals surface area contributed by atoms with E-state index in [9.17, 15) is 58.8 Å². The Morgan fingerprint density at radius 3 is 0.754 bits per heavy atom. The van der Waals surface area contributed by atoms with Crippen molar-refractivity contribution in [3.63, 3.8) is 0 Å². The highest BCUT2D eigenvalue weighted by atomic mass is 16.6. The zero-order valence-corrected chi connectivity index (χ0v) is 75.4. The summed E-state index contributed by atoms with van der Waals surface area (Å²) in [5.74, 6) is 0.0159. The maximum Gasteiger partial charge on any atom is 0.338 e. The SMILES string of the molecule is COC(=O)c1ccc(-c2nc(-c3ccc(OC)cc3O)nc(-c3ccc(C(=O)OC)cc3C(=O)OC)n2)cc1.COC(=O)c1ccc(-c2nc(-c3ccc(OC)cc3O)nc(-c3ccccc3C(=O)OC)n2)cc1.COC(=O)c1ccc(-c2nc(-c3cccc(C(=O)OC)c3)nc(-c3ccc(OC)cc3O)n2)cc1.COC(=O)c1ccc(-c2nc(-c3ccccc3)nc(-c3ccccc3O)n2)cc1. The molecule has 0 saturated carbocycles. The third kappa shape index (κ3) is 22.8. The minimum atomic E-state index is -0.728. The lowest BCUT2D eigenvalue weighted by Gasteiger charge is -2.13. The molecule has 0 aliphatic heterocycles. The van der Waals surface area contributed by atoms with Crippen LogP contribution in [0, 0.1) is 0 Å². The van der Waals surface area contributed by atoms with Crippen molar-refractivity contribution in [1.82, 2.24) is 59.8 Å². The number of phenolic OH excluding ortho intramolecular Hbond substituents is 4. The fraction of sp³-hybridized carbons (Fsp3) is 0.107. The second kappa shape index (κ2) is 44.8. The van der Waals surface area contributed by atoms with Gasteiger partial charge in [0, 0.05) is 62.7 Å². The first kappa shape index (κ1) is 96.6. The topological polar surface area (TPSA) is 474 Å². The summed E-state index contributed by atoms with van der Waals surface area (Å²) in [6.45, 7) is 0. The van der Waals surface area contributed by atoms with Gasteiger partial charge in [-0.05, 0) is 133 Å². The third-order valence-corrected chi connectivity index (χ3v) is 20.5. The molecule has 0 bridgehead atoms. The van der Waals surface area contributed by atoms with Crippen LogP contribution in [0.4, 0.5) is 0 Å². The molecule has 0 unspecified atom stereocenters. The van der Waals surface area contributed by atoms with Crippen molar-refractivity contribution >= 4 is 47.8 Å². The van der Waals surface area contributed by atoms with Gasteiger partial charge in [-0.15, -0.1) is 0 Å². The van der Waals surface area contributed by atoms with Gasteiger partial charge in [0.15, 0.2) is 69.9 Å². The first-order chi connectivity index (χ1) is 66.8. The number of phenols is 4. The third-order valence-electron chi connectivity index (χ3n) is 20.5. The number of hydrogen-bond acceptors (Lipinski definition) is 35. The number of aromatic nitrogens is 12. The second-order valence-electron chi connectivity index (χ2n) is 28.9. The van der Waals surface area contributed by atoms with Gasteiger partial charge in [0.25, 0.3) is 0 Å². The maximum absolute atomic E-state index is 12.7. The van der Waals surface area contributed by atoms with E-state index in [1.165, 1.54) is 115 Å². The number of carbonyl (C=O) groups is 8. The monoisotopic (exact) mass is 1850 g/mol. The molecule has 0 fully saturated rings. The lowest BCUT2D eigenvalue weighted by molar-refractivity contribution is 0.0584. The highest BCUT2D eigenvalue weighted by Crippen LogP contribution is 2.39. The van der Waals surface area contributed by atoms with Gasteiger partial charge in [-0.2, -0.15) is 0 Å². The van der Waals surface area contributed by atoms with E-state index < -0.39 is 47.8 Å². The number of rotatable bonds is 23. The summed E-state index contributed by atoms with van der Waals surface area (Å²) in [6, 6.07) is 74.7. The molecule has 4 N–H and O–H groups in total. The highest BCUT2D eigenvalue weighted by molar-refractivity contribution is 6.01. The Balaban J connectivity index is 0.000000156. The van der Waals surface area contributed by atoms with Gasteiger partial charge in [0.2, 0.25) is 0 Å². The number of hydrogen-bond donors (Lipinski definition) is 4. The van der Waals surface area contributed by atoms with E-state index in [0.717, 1.165) is 5.56 Å². The van der Waals surface area contributed by atoms with E-state index in [0.29, 0.717) is 118 Å². The highest BCUT2D eigenvalue weighted by Gasteiger charge is 2.27. The van der Waals surface area contributed by atoms with Gasteiger partial charge in [-0.25, -0.2) is 98.2 Å². The minimum absolute atomic E-state index is 0.0171. The Labute approximate surface area is 787 Å². The molecule has 4 heterocycles. The molecule has 0 aliphatic carbocycles. The smallest absolute Gasteiger partial charge is 0.338 e. The zero-order chi connectivity index (χ0) is 98.2. The van der Waals surface area contributed by atoms with Gasteiger partial charge >= 0.3 is 47.8 Å². The predicted octanol–water partition coefficient (Wildman–Crippen LogP) is 16.6. The molecule has 4 aromatic heterocycles. The van der Waals surface area contributed by atoms with Crippen molar-refractivity contribution in [2.75, 3.05) is 78.2 Å². The van der Waals surface area contributed by atoms with Crippen LogP contribution in [-0.4, -0.2) is 206 Å². The molecular formula is C103H82N12O23. The molecule has 35 heteroatoms. The molecule has 16 rings (SSSR count). The van der Waals surface area contributed by atoms with Crippen LogP contribution in [0.3, 0.4) is 0 Å². The van der Waals surface area contributed by atoms with Crippen LogP contribution in [-0.2, 0) is 37.9 Å². The maximum atomic E-state index is 12.7. The number of esters is 8. The first-order valence-corrected chi connectivity index (χ1v) is 41.3. The first-order valence-electron chi connectivity index (χ1n) is 41.3. The molecule has 16 aromatic rings. The Morgan fingerprint density at radius 1 is 0.181 bits per heavy atom. The summed E-state index contributed by atoms with van der Waals surface area (Å²) in [4.78, 5) is 151. The van der Waals surface area contributed by atoms with Crippen LogP contribution >= 0.6 is 0 Å². The summed E-state index contributed by atoms with van der Waals surface area (Å²) in [6.07, 6.45) is 0. The number of methoxy groups -OCH3 is 11. The lowest BCUT2D eigenvalue weighted by Crippen LogP contribution is -2.10. The van der Waals surface area contributed by atoms with Crippen molar-refractivity contribution in [2.45, 2.75) is 0 Å². The quantitative estimate of drug-likeness (QED) is 0.0341. The van der Waals surface area contributed by atoms with Crippen LogP contribution in [0.5, 0.6) is 40.2 Å². The standard InChI is InChI=1S/C28H23N3O8.2C26H21N3O6.C23H17N3O3/c1-36-18-10-12-20(22(32)14-18)25-30-23(15-5-7-16(8-6-15)26(33)37-2)29-24(31-25)19-11-9-17(27(34)38-3)13-21(19)28(35)39-4;1-33-19-11-12-20(21(30)14-19)24-28-22(15-7-9-16(10-8-15)25(31)34-2)27-23(29-24)17-5-4-6-18(13-17)26(32)35-3;1-33-17-12-13-20(21(30)14-17)24-28-22(15-8-10-16(11-9-15)25(31)34-2)27-23(29-24)18-6-4-5-7-19(18)26(32)35-3;1-29-23(28)17-13-11-16(12-14-17)21-24-20(15-7-3-2-4-8-15)25-22(26-21)18-9-5-6-10-19(18)27/h5-14,32H,1-4H3;2*4-14,30H,1-3H3;2-14,27H,1H3. The Kier molecular flexibility index (Phi) is 31.3. The molecule has 138 heavy (non-hydrogen) atoms. The Bertz CT molecular complexity index is 7240. The number of benzene rings is 12. The van der Waals surface area contributed by atoms with Crippen LogP contribution in [0.15, 0.2) is 273 Å². The van der Waals surface area contributed by atoms with E-state index in [1.54, 1.807) is 200 Å². The fourth-order valence-electron chi connectivity index (χ4n) is 13.4. The van der Waals surface area contributed by atoms with Crippen molar-refractivity contribution in [1.29, 1.82) is 0 Å². The number of para-hydroxylation sites is 1. The average Bonchev–Trinajstić information content (AvgIpc) is 0.780. The summed E-state index contributed by atoms with van der Waals surface area (Å²) >= 11 is 0. The van der Waals surface area contributed by atoms with E-state index in [4.69, 9.17) is 52.1 Å². The van der Waals surface area contributed by atoms with E-state index in [-0.39, 0.29) is 97.4 Å². The largest absolute Gasteiger partial charge is 0.507 e. The van der Waals surface area contributed by atoms with Gasteiger partial charge < -0.3 is 72.5 Å². The van der Waals surface area contributed by atoms with Gasteiger partial charge in [-0.1, -0.05) is 121 Å². The van der Waals surface area contributed by atoms with Crippen molar-refractivity contribution in [3.05, 3.63) is 317 Å². The average molecular weight is 1860 g/mol. The Morgan fingerprint density at radius 2 is 0.420 bits per heavy atom. The molecule has 0 radical (unpaired) electrons. The molecule has 12 aromatic carbocycles. The molecular weight excluding hydrogens is 1770 g/mol. The summed E-state index contributed by atoms with van der Waals surface area (Å²) in [5.41, 5.74) is 8.28.